The summed E-state index contributed by atoms with van der Waals surface area (Å²) < 4.78 is 10.8. The first-order chi connectivity index (χ1) is 13.5. The third-order valence-corrected chi connectivity index (χ3v) is 5.45. The number of ether oxygens (including phenoxy) is 2. The van der Waals surface area contributed by atoms with E-state index in [0.717, 1.165) is 29.3 Å². The molecule has 6 nitrogen and oxygen atoms in total. The predicted molar refractivity (Wildman–Crippen MR) is 112 cm³/mol. The summed E-state index contributed by atoms with van der Waals surface area (Å²) in [6.07, 6.45) is 2.11. The molecule has 2 amide bonds. The molecule has 2 N–H and O–H groups in total. The van der Waals surface area contributed by atoms with Crippen LogP contribution in [-0.4, -0.2) is 32.3 Å². The van der Waals surface area contributed by atoms with Gasteiger partial charge in [0.1, 0.15) is 6.61 Å². The van der Waals surface area contributed by atoms with Gasteiger partial charge in [-0.15, -0.1) is 0 Å². The average molecular weight is 447 g/mol. The fraction of sp³-hybridized carbons (Fsp3) is 0.333. The summed E-state index contributed by atoms with van der Waals surface area (Å²) >= 11 is 3.44. The van der Waals surface area contributed by atoms with Gasteiger partial charge in [-0.05, 0) is 48.7 Å². The van der Waals surface area contributed by atoms with E-state index in [0.29, 0.717) is 18.0 Å². The normalized spacial score (nSPS) is 14.6. The smallest absolute Gasteiger partial charge is 0.411 e. The van der Waals surface area contributed by atoms with Gasteiger partial charge in [0.2, 0.25) is 5.91 Å². The SMILES string of the molecule is COCCOC(=O)Nc1cccc(NC(=O)C2(c3ccc(Br)cc3)CCC2)c1. The molecule has 1 fully saturated rings. The van der Waals surface area contributed by atoms with Crippen LogP contribution < -0.4 is 10.6 Å². The van der Waals surface area contributed by atoms with Crippen LogP contribution in [0, 0.1) is 0 Å². The number of benzene rings is 2. The van der Waals surface area contributed by atoms with Gasteiger partial charge in [0.15, 0.2) is 0 Å². The van der Waals surface area contributed by atoms with Crippen LogP contribution in [0.3, 0.4) is 0 Å². The molecular formula is C21H23BrN2O4. The summed E-state index contributed by atoms with van der Waals surface area (Å²) in [5.41, 5.74) is 1.70. The van der Waals surface area contributed by atoms with Crippen LogP contribution in [-0.2, 0) is 19.7 Å². The van der Waals surface area contributed by atoms with E-state index >= 15 is 0 Å². The number of carbonyl (C=O) groups is 2. The molecular weight excluding hydrogens is 424 g/mol. The molecule has 0 saturated heterocycles. The first kappa shape index (κ1) is 20.4. The van der Waals surface area contributed by atoms with E-state index in [1.807, 2.05) is 24.3 Å². The number of amides is 2. The molecule has 3 rings (SSSR count). The minimum absolute atomic E-state index is 0.0270. The molecule has 0 radical (unpaired) electrons. The maximum absolute atomic E-state index is 13.1. The van der Waals surface area contributed by atoms with Gasteiger partial charge in [0.25, 0.3) is 0 Å². The zero-order valence-electron chi connectivity index (χ0n) is 15.7. The Labute approximate surface area is 172 Å². The van der Waals surface area contributed by atoms with E-state index in [-0.39, 0.29) is 12.5 Å². The van der Waals surface area contributed by atoms with Crippen molar-refractivity contribution in [2.75, 3.05) is 31.0 Å². The standard InChI is InChI=1S/C21H23BrN2O4/c1-27-12-13-28-20(26)24-18-5-2-4-17(14-18)23-19(25)21(10-3-11-21)15-6-8-16(22)9-7-15/h2,4-9,14H,3,10-13H2,1H3,(H,23,25)(H,24,26). The van der Waals surface area contributed by atoms with Crippen LogP contribution >= 0.6 is 15.9 Å². The lowest BCUT2D eigenvalue weighted by atomic mass is 9.64. The van der Waals surface area contributed by atoms with E-state index in [2.05, 4.69) is 26.6 Å². The van der Waals surface area contributed by atoms with Gasteiger partial charge in [0.05, 0.1) is 12.0 Å². The summed E-state index contributed by atoms with van der Waals surface area (Å²) in [6, 6.07) is 14.9. The maximum Gasteiger partial charge on any atom is 0.411 e. The van der Waals surface area contributed by atoms with E-state index in [1.165, 1.54) is 7.11 Å². The van der Waals surface area contributed by atoms with Gasteiger partial charge >= 0.3 is 6.09 Å². The van der Waals surface area contributed by atoms with Gasteiger partial charge < -0.3 is 14.8 Å². The van der Waals surface area contributed by atoms with Gasteiger partial charge in [-0.25, -0.2) is 4.79 Å². The Kier molecular flexibility index (Phi) is 6.70. The largest absolute Gasteiger partial charge is 0.447 e. The number of halogens is 1. The lowest BCUT2D eigenvalue weighted by molar-refractivity contribution is -0.124. The van der Waals surface area contributed by atoms with Crippen molar-refractivity contribution in [2.45, 2.75) is 24.7 Å². The van der Waals surface area contributed by atoms with Crippen LogP contribution in [0.1, 0.15) is 24.8 Å². The van der Waals surface area contributed by atoms with Crippen molar-refractivity contribution in [3.63, 3.8) is 0 Å². The third-order valence-electron chi connectivity index (χ3n) is 4.93. The first-order valence-electron chi connectivity index (χ1n) is 9.14. The molecule has 0 aromatic heterocycles. The molecule has 0 aliphatic heterocycles. The van der Waals surface area contributed by atoms with Crippen LogP contribution in [0.4, 0.5) is 16.2 Å². The van der Waals surface area contributed by atoms with Crippen molar-refractivity contribution in [3.05, 3.63) is 58.6 Å². The van der Waals surface area contributed by atoms with E-state index in [4.69, 9.17) is 9.47 Å². The lowest BCUT2D eigenvalue weighted by Gasteiger charge is -2.40. The molecule has 148 valence electrons. The Morgan fingerprint density at radius 3 is 2.32 bits per heavy atom. The Morgan fingerprint density at radius 2 is 1.71 bits per heavy atom. The van der Waals surface area contributed by atoms with Crippen molar-refractivity contribution in [2.24, 2.45) is 0 Å². The highest BCUT2D eigenvalue weighted by molar-refractivity contribution is 9.10. The minimum Gasteiger partial charge on any atom is -0.447 e. The quantitative estimate of drug-likeness (QED) is 0.603. The molecule has 2 aromatic rings. The van der Waals surface area contributed by atoms with Crippen molar-refractivity contribution in [1.29, 1.82) is 0 Å². The summed E-state index contributed by atoms with van der Waals surface area (Å²) in [7, 11) is 1.54. The topological polar surface area (TPSA) is 76.7 Å². The number of hydrogen-bond acceptors (Lipinski definition) is 4. The molecule has 0 bridgehead atoms. The van der Waals surface area contributed by atoms with Crippen molar-refractivity contribution >= 4 is 39.3 Å². The highest BCUT2D eigenvalue weighted by Gasteiger charge is 2.45. The summed E-state index contributed by atoms with van der Waals surface area (Å²) in [5.74, 6) is -0.0270. The minimum atomic E-state index is -0.564. The average Bonchev–Trinajstić information content (AvgIpc) is 2.63. The number of anilines is 2. The molecule has 0 spiro atoms. The van der Waals surface area contributed by atoms with Gasteiger partial charge in [-0.3, -0.25) is 10.1 Å². The highest BCUT2D eigenvalue weighted by atomic mass is 79.9. The third kappa shape index (κ3) is 4.72. The summed E-state index contributed by atoms with van der Waals surface area (Å²) in [6.45, 7) is 0.510. The molecule has 0 unspecified atom stereocenters. The Bertz CT molecular complexity index is 835. The molecule has 2 aromatic carbocycles. The molecule has 0 heterocycles. The van der Waals surface area contributed by atoms with Crippen molar-refractivity contribution in [3.8, 4) is 0 Å². The fourth-order valence-electron chi connectivity index (χ4n) is 3.24. The van der Waals surface area contributed by atoms with Crippen molar-refractivity contribution < 1.29 is 19.1 Å². The van der Waals surface area contributed by atoms with E-state index in [1.54, 1.807) is 24.3 Å². The molecule has 1 aliphatic rings. The molecule has 7 heteroatoms. The number of hydrogen-bond donors (Lipinski definition) is 2. The van der Waals surface area contributed by atoms with Gasteiger partial charge in [0, 0.05) is 23.0 Å². The predicted octanol–water partition coefficient (Wildman–Crippen LogP) is 4.70. The number of methoxy groups -OCH3 is 1. The van der Waals surface area contributed by atoms with Crippen LogP contribution in [0.5, 0.6) is 0 Å². The molecule has 0 atom stereocenters. The summed E-state index contributed by atoms with van der Waals surface area (Å²) in [5, 5.41) is 5.65. The number of rotatable bonds is 7. The molecule has 1 aliphatic carbocycles. The Morgan fingerprint density at radius 1 is 1.04 bits per heavy atom. The number of carbonyl (C=O) groups excluding carboxylic acids is 2. The Hall–Kier alpha value is -2.38. The molecule has 28 heavy (non-hydrogen) atoms. The maximum atomic E-state index is 13.1. The second-order valence-electron chi connectivity index (χ2n) is 6.73. The van der Waals surface area contributed by atoms with E-state index in [9.17, 15) is 9.59 Å². The lowest BCUT2D eigenvalue weighted by Crippen LogP contribution is -2.46. The fourth-order valence-corrected chi connectivity index (χ4v) is 3.51. The second-order valence-corrected chi connectivity index (χ2v) is 7.65. The first-order valence-corrected chi connectivity index (χ1v) is 9.93. The van der Waals surface area contributed by atoms with E-state index < -0.39 is 11.5 Å². The second kappa shape index (κ2) is 9.21. The number of nitrogens with one attached hydrogen (secondary N) is 2. The van der Waals surface area contributed by atoms with Gasteiger partial charge in [-0.1, -0.05) is 40.5 Å². The summed E-state index contributed by atoms with van der Waals surface area (Å²) in [4.78, 5) is 24.8. The van der Waals surface area contributed by atoms with Crippen LogP contribution in [0.25, 0.3) is 0 Å². The zero-order chi connectivity index (χ0) is 20.0. The highest BCUT2D eigenvalue weighted by Crippen LogP contribution is 2.45. The zero-order valence-corrected chi connectivity index (χ0v) is 17.3. The Balaban J connectivity index is 1.67. The monoisotopic (exact) mass is 446 g/mol. The molecule has 1 saturated carbocycles. The van der Waals surface area contributed by atoms with Gasteiger partial charge in [-0.2, -0.15) is 0 Å². The van der Waals surface area contributed by atoms with Crippen LogP contribution in [0.15, 0.2) is 53.0 Å². The van der Waals surface area contributed by atoms with Crippen molar-refractivity contribution in [1.82, 2.24) is 0 Å². The van der Waals surface area contributed by atoms with Crippen LogP contribution in [0.2, 0.25) is 0 Å².